The summed E-state index contributed by atoms with van der Waals surface area (Å²) in [6, 6.07) is 3.84. The van der Waals surface area contributed by atoms with Crippen molar-refractivity contribution in [3.63, 3.8) is 0 Å². The maximum Gasteiger partial charge on any atom is 0.0688 e. The van der Waals surface area contributed by atoms with Crippen molar-refractivity contribution in [2.75, 3.05) is 0 Å². The van der Waals surface area contributed by atoms with E-state index in [1.165, 1.54) is 5.56 Å². The van der Waals surface area contributed by atoms with E-state index in [-0.39, 0.29) is 12.1 Å². The molecule has 0 saturated carbocycles. The lowest BCUT2D eigenvalue weighted by Crippen LogP contribution is -2.34. The van der Waals surface area contributed by atoms with Gasteiger partial charge in [-0.25, -0.2) is 0 Å². The Bertz CT molecular complexity index is 251. The normalized spacial score (nSPS) is 15.1. The lowest BCUT2D eigenvalue weighted by molar-refractivity contribution is 0.136. The highest BCUT2D eigenvalue weighted by molar-refractivity contribution is 5.09. The molecule has 3 nitrogen and oxygen atoms in total. The molecule has 0 aliphatic carbocycles. The second-order valence-corrected chi connectivity index (χ2v) is 3.53. The number of aromatic nitrogens is 1. The number of aliphatic hydroxyl groups is 1. The lowest BCUT2D eigenvalue weighted by Gasteiger charge is -2.16. The molecule has 0 fully saturated rings. The monoisotopic (exact) mass is 194 g/mol. The summed E-state index contributed by atoms with van der Waals surface area (Å²) in [4.78, 5) is 3.94. The molecule has 0 radical (unpaired) electrons. The molecule has 2 atom stereocenters. The molecular weight excluding hydrogens is 176 g/mol. The van der Waals surface area contributed by atoms with Gasteiger partial charge in [0, 0.05) is 18.4 Å². The van der Waals surface area contributed by atoms with Gasteiger partial charge in [-0.05, 0) is 37.0 Å². The molecule has 3 heteroatoms. The number of rotatable bonds is 5. The van der Waals surface area contributed by atoms with E-state index < -0.39 is 0 Å². The molecule has 1 rings (SSSR count). The molecule has 0 bridgehead atoms. The van der Waals surface area contributed by atoms with Crippen LogP contribution < -0.4 is 5.73 Å². The van der Waals surface area contributed by atoms with Crippen molar-refractivity contribution in [3.05, 3.63) is 30.1 Å². The van der Waals surface area contributed by atoms with Crippen LogP contribution in [0.3, 0.4) is 0 Å². The van der Waals surface area contributed by atoms with Gasteiger partial charge in [-0.3, -0.25) is 4.98 Å². The molecule has 1 heterocycles. The Balaban J connectivity index is 2.34. The van der Waals surface area contributed by atoms with Crippen molar-refractivity contribution < 1.29 is 5.11 Å². The lowest BCUT2D eigenvalue weighted by atomic mass is 10.0. The van der Waals surface area contributed by atoms with E-state index in [2.05, 4.69) is 4.98 Å². The van der Waals surface area contributed by atoms with Crippen molar-refractivity contribution >= 4 is 0 Å². The van der Waals surface area contributed by atoms with E-state index in [4.69, 9.17) is 5.73 Å². The van der Waals surface area contributed by atoms with Crippen LogP contribution in [0.1, 0.15) is 25.3 Å². The minimum absolute atomic E-state index is 0.117. The zero-order chi connectivity index (χ0) is 10.4. The van der Waals surface area contributed by atoms with Gasteiger partial charge >= 0.3 is 0 Å². The van der Waals surface area contributed by atoms with E-state index in [1.807, 2.05) is 19.1 Å². The Morgan fingerprint density at radius 2 is 2.07 bits per heavy atom. The van der Waals surface area contributed by atoms with Crippen LogP contribution >= 0.6 is 0 Å². The second-order valence-electron chi connectivity index (χ2n) is 3.53. The summed E-state index contributed by atoms with van der Waals surface area (Å²) < 4.78 is 0. The van der Waals surface area contributed by atoms with Crippen LogP contribution in [0.2, 0.25) is 0 Å². The molecular formula is C11H18N2O. The van der Waals surface area contributed by atoms with Crippen molar-refractivity contribution in [1.29, 1.82) is 0 Å². The Morgan fingerprint density at radius 3 is 2.64 bits per heavy atom. The van der Waals surface area contributed by atoms with Gasteiger partial charge in [0.15, 0.2) is 0 Å². The van der Waals surface area contributed by atoms with Gasteiger partial charge < -0.3 is 10.8 Å². The summed E-state index contributed by atoms with van der Waals surface area (Å²) in [7, 11) is 0. The SMILES string of the molecule is CC[C@H](O)[C@H](N)CCc1ccncc1. The molecule has 3 N–H and O–H groups in total. The van der Waals surface area contributed by atoms with Crippen molar-refractivity contribution in [2.24, 2.45) is 5.73 Å². The van der Waals surface area contributed by atoms with E-state index in [1.54, 1.807) is 12.4 Å². The maximum absolute atomic E-state index is 9.47. The van der Waals surface area contributed by atoms with Crippen LogP contribution in [0.15, 0.2) is 24.5 Å². The molecule has 0 unspecified atom stereocenters. The Morgan fingerprint density at radius 1 is 1.43 bits per heavy atom. The quantitative estimate of drug-likeness (QED) is 0.738. The average Bonchev–Trinajstić information content (AvgIpc) is 2.26. The van der Waals surface area contributed by atoms with Gasteiger partial charge in [0.05, 0.1) is 6.10 Å². The number of aliphatic hydroxyl groups excluding tert-OH is 1. The summed E-state index contributed by atoms with van der Waals surface area (Å²) in [5, 5.41) is 9.47. The predicted molar refractivity (Wildman–Crippen MR) is 56.8 cm³/mol. The van der Waals surface area contributed by atoms with E-state index in [0.29, 0.717) is 0 Å². The third-order valence-corrected chi connectivity index (χ3v) is 2.43. The van der Waals surface area contributed by atoms with Crippen LogP contribution in [0.5, 0.6) is 0 Å². The highest BCUT2D eigenvalue weighted by Gasteiger charge is 2.11. The van der Waals surface area contributed by atoms with Crippen LogP contribution in [0.4, 0.5) is 0 Å². The summed E-state index contributed by atoms with van der Waals surface area (Å²) in [5.74, 6) is 0. The smallest absolute Gasteiger partial charge is 0.0688 e. The first-order valence-corrected chi connectivity index (χ1v) is 5.06. The topological polar surface area (TPSA) is 59.1 Å². The first-order chi connectivity index (χ1) is 6.74. The maximum atomic E-state index is 9.47. The summed E-state index contributed by atoms with van der Waals surface area (Å²) >= 11 is 0. The fraction of sp³-hybridized carbons (Fsp3) is 0.545. The molecule has 0 aliphatic heterocycles. The van der Waals surface area contributed by atoms with Crippen LogP contribution in [-0.2, 0) is 6.42 Å². The second kappa shape index (κ2) is 5.73. The first-order valence-electron chi connectivity index (χ1n) is 5.06. The van der Waals surface area contributed by atoms with Crippen molar-refractivity contribution in [2.45, 2.75) is 38.3 Å². The molecule has 14 heavy (non-hydrogen) atoms. The van der Waals surface area contributed by atoms with Crippen molar-refractivity contribution in [3.8, 4) is 0 Å². The first kappa shape index (κ1) is 11.1. The minimum atomic E-state index is -0.378. The molecule has 1 aromatic rings. The van der Waals surface area contributed by atoms with Gasteiger partial charge in [0.1, 0.15) is 0 Å². The zero-order valence-electron chi connectivity index (χ0n) is 8.56. The highest BCUT2D eigenvalue weighted by Crippen LogP contribution is 2.06. The number of hydrogen-bond donors (Lipinski definition) is 2. The summed E-state index contributed by atoms with van der Waals surface area (Å²) in [6.07, 6.45) is 5.61. The van der Waals surface area contributed by atoms with Gasteiger partial charge in [-0.2, -0.15) is 0 Å². The predicted octanol–water partition coefficient (Wildman–Crippen LogP) is 1.11. The molecule has 0 spiro atoms. The molecule has 0 aromatic carbocycles. The largest absolute Gasteiger partial charge is 0.392 e. The molecule has 1 aromatic heterocycles. The Hall–Kier alpha value is -0.930. The van der Waals surface area contributed by atoms with Crippen LogP contribution in [-0.4, -0.2) is 22.2 Å². The minimum Gasteiger partial charge on any atom is -0.392 e. The standard InChI is InChI=1S/C11H18N2O/c1-2-11(14)10(12)4-3-9-5-7-13-8-6-9/h5-8,10-11,14H,2-4,12H2,1H3/t10-,11+/m1/s1. The van der Waals surface area contributed by atoms with E-state index >= 15 is 0 Å². The number of aryl methyl sites for hydroxylation is 1. The highest BCUT2D eigenvalue weighted by atomic mass is 16.3. The summed E-state index contributed by atoms with van der Waals surface area (Å²) in [6.45, 7) is 1.94. The third kappa shape index (κ3) is 3.44. The van der Waals surface area contributed by atoms with Gasteiger partial charge in [0.25, 0.3) is 0 Å². The van der Waals surface area contributed by atoms with E-state index in [9.17, 15) is 5.11 Å². The van der Waals surface area contributed by atoms with Crippen LogP contribution in [0, 0.1) is 0 Å². The van der Waals surface area contributed by atoms with Crippen LogP contribution in [0.25, 0.3) is 0 Å². The van der Waals surface area contributed by atoms with Gasteiger partial charge in [-0.15, -0.1) is 0 Å². The molecule has 0 saturated heterocycles. The molecule has 0 amide bonds. The number of nitrogens with zero attached hydrogens (tertiary/aromatic N) is 1. The zero-order valence-corrected chi connectivity index (χ0v) is 8.56. The van der Waals surface area contributed by atoms with Gasteiger partial charge in [0.2, 0.25) is 0 Å². The Kier molecular flexibility index (Phi) is 4.56. The fourth-order valence-electron chi connectivity index (χ4n) is 1.38. The van der Waals surface area contributed by atoms with Gasteiger partial charge in [-0.1, -0.05) is 6.92 Å². The Labute approximate surface area is 85.0 Å². The van der Waals surface area contributed by atoms with E-state index in [0.717, 1.165) is 19.3 Å². The number of hydrogen-bond acceptors (Lipinski definition) is 3. The fourth-order valence-corrected chi connectivity index (χ4v) is 1.38. The third-order valence-electron chi connectivity index (χ3n) is 2.43. The molecule has 78 valence electrons. The van der Waals surface area contributed by atoms with Crippen molar-refractivity contribution in [1.82, 2.24) is 4.98 Å². The molecule has 0 aliphatic rings. The summed E-state index contributed by atoms with van der Waals surface area (Å²) in [5.41, 5.74) is 7.03. The number of nitrogens with two attached hydrogens (primary N) is 1. The number of pyridine rings is 1. The average molecular weight is 194 g/mol.